The molecule has 1 saturated heterocycles. The van der Waals surface area contributed by atoms with Gasteiger partial charge in [0, 0.05) is 39.1 Å². The van der Waals surface area contributed by atoms with Gasteiger partial charge in [-0.3, -0.25) is 0 Å². The van der Waals surface area contributed by atoms with Gasteiger partial charge in [0.05, 0.1) is 5.88 Å². The largest absolute Gasteiger partial charge is 0.244 e. The first-order valence-electron chi connectivity index (χ1n) is 6.72. The molecule has 0 spiro atoms. The Morgan fingerprint density at radius 2 is 2.14 bits per heavy atom. The Balaban J connectivity index is 2.14. The zero-order valence-electron chi connectivity index (χ0n) is 11.6. The van der Waals surface area contributed by atoms with Gasteiger partial charge in [0.15, 0.2) is 0 Å². The van der Waals surface area contributed by atoms with Gasteiger partial charge in [0.25, 0.3) is 0 Å². The number of alkyl halides is 1. The lowest BCUT2D eigenvalue weighted by molar-refractivity contribution is 0.424. The van der Waals surface area contributed by atoms with Crippen molar-refractivity contribution in [3.8, 4) is 0 Å². The molecule has 0 bridgehead atoms. The summed E-state index contributed by atoms with van der Waals surface area (Å²) in [5, 5.41) is 1.13. The van der Waals surface area contributed by atoms with Crippen LogP contribution in [0.4, 0.5) is 0 Å². The first-order chi connectivity index (χ1) is 10.0. The second kappa shape index (κ2) is 6.08. The fourth-order valence-electron chi connectivity index (χ4n) is 2.58. The summed E-state index contributed by atoms with van der Waals surface area (Å²) in [4.78, 5) is 1.15. The Morgan fingerprint density at radius 1 is 1.38 bits per heavy atom. The molecule has 2 heterocycles. The molecule has 0 N–H and O–H groups in total. The highest BCUT2D eigenvalue weighted by molar-refractivity contribution is 8.00. The number of halogens is 1. The van der Waals surface area contributed by atoms with E-state index >= 15 is 0 Å². The first kappa shape index (κ1) is 15.6. The number of nitrogens with zero attached hydrogens (tertiary/aromatic N) is 1. The highest BCUT2D eigenvalue weighted by Crippen LogP contribution is 2.38. The SMILES string of the molecule is CC1CN(S(=O)(=O)c2c(CCl)sc3ccccc23)CCS1. The van der Waals surface area contributed by atoms with Gasteiger partial charge in [-0.05, 0) is 6.07 Å². The molecule has 3 rings (SSSR count). The van der Waals surface area contributed by atoms with Gasteiger partial charge >= 0.3 is 0 Å². The van der Waals surface area contributed by atoms with Crippen LogP contribution in [0, 0.1) is 0 Å². The number of fused-ring (bicyclic) bond motifs is 1. The smallest absolute Gasteiger partial charge is 0.207 e. The van der Waals surface area contributed by atoms with Crippen LogP contribution >= 0.6 is 34.7 Å². The van der Waals surface area contributed by atoms with Crippen LogP contribution in [0.25, 0.3) is 10.1 Å². The summed E-state index contributed by atoms with van der Waals surface area (Å²) >= 11 is 9.29. The monoisotopic (exact) mass is 361 g/mol. The zero-order chi connectivity index (χ0) is 15.0. The van der Waals surface area contributed by atoms with Crippen molar-refractivity contribution in [3.05, 3.63) is 29.1 Å². The van der Waals surface area contributed by atoms with Crippen molar-refractivity contribution in [2.45, 2.75) is 22.9 Å². The van der Waals surface area contributed by atoms with Crippen LogP contribution < -0.4 is 0 Å². The molecule has 1 aromatic heterocycles. The third-order valence-electron chi connectivity index (χ3n) is 3.54. The molecule has 3 nitrogen and oxygen atoms in total. The van der Waals surface area contributed by atoms with Gasteiger partial charge in [-0.25, -0.2) is 8.42 Å². The maximum atomic E-state index is 13.1. The maximum Gasteiger partial charge on any atom is 0.244 e. The van der Waals surface area contributed by atoms with Crippen LogP contribution in [0.2, 0.25) is 0 Å². The minimum absolute atomic E-state index is 0.228. The van der Waals surface area contributed by atoms with E-state index in [1.54, 1.807) is 4.31 Å². The van der Waals surface area contributed by atoms with Gasteiger partial charge in [-0.2, -0.15) is 16.1 Å². The van der Waals surface area contributed by atoms with Crippen LogP contribution in [-0.2, 0) is 15.9 Å². The third kappa shape index (κ3) is 2.84. The van der Waals surface area contributed by atoms with Crippen molar-refractivity contribution in [1.82, 2.24) is 4.31 Å². The van der Waals surface area contributed by atoms with Gasteiger partial charge in [0.1, 0.15) is 4.90 Å². The molecule has 1 fully saturated rings. The lowest BCUT2D eigenvalue weighted by atomic mass is 10.2. The summed E-state index contributed by atoms with van der Waals surface area (Å²) in [6.07, 6.45) is 0. The van der Waals surface area contributed by atoms with Crippen LogP contribution in [0.5, 0.6) is 0 Å². The summed E-state index contributed by atoms with van der Waals surface area (Å²) in [5.74, 6) is 1.07. The minimum atomic E-state index is -3.47. The van der Waals surface area contributed by atoms with Gasteiger partial charge in [-0.1, -0.05) is 25.1 Å². The molecule has 7 heteroatoms. The molecule has 1 atom stereocenters. The van der Waals surface area contributed by atoms with E-state index in [4.69, 9.17) is 11.6 Å². The van der Waals surface area contributed by atoms with Crippen LogP contribution in [0.15, 0.2) is 29.2 Å². The number of thiophene rings is 1. The van der Waals surface area contributed by atoms with Crippen molar-refractivity contribution >= 4 is 54.8 Å². The van der Waals surface area contributed by atoms with E-state index in [1.165, 1.54) is 11.3 Å². The maximum absolute atomic E-state index is 13.1. The topological polar surface area (TPSA) is 37.4 Å². The standard InChI is InChI=1S/C14H16ClNO2S3/c1-10-9-16(6-7-19-10)21(17,18)14-11-4-2-3-5-12(11)20-13(14)8-15/h2-5,10H,6-9H2,1H3. The zero-order valence-corrected chi connectivity index (χ0v) is 14.8. The van der Waals surface area contributed by atoms with Crippen molar-refractivity contribution in [2.24, 2.45) is 0 Å². The molecule has 114 valence electrons. The highest BCUT2D eigenvalue weighted by Gasteiger charge is 2.33. The van der Waals surface area contributed by atoms with E-state index in [0.29, 0.717) is 23.2 Å². The number of hydrogen-bond donors (Lipinski definition) is 0. The quantitative estimate of drug-likeness (QED) is 0.781. The molecule has 0 amide bonds. The number of rotatable bonds is 3. The predicted octanol–water partition coefficient (Wildman–Crippen LogP) is 3.77. The van der Waals surface area contributed by atoms with E-state index in [2.05, 4.69) is 6.92 Å². The van der Waals surface area contributed by atoms with Gasteiger partial charge in [-0.15, -0.1) is 22.9 Å². The Labute approximate surface area is 138 Å². The van der Waals surface area contributed by atoms with E-state index in [-0.39, 0.29) is 5.88 Å². The Bertz CT molecular complexity index is 757. The number of sulfonamides is 1. The first-order valence-corrected chi connectivity index (χ1v) is 10.6. The van der Waals surface area contributed by atoms with E-state index in [0.717, 1.165) is 20.7 Å². The second-order valence-corrected chi connectivity index (χ2v) is 9.85. The number of hydrogen-bond acceptors (Lipinski definition) is 4. The second-order valence-electron chi connectivity index (χ2n) is 5.03. The number of benzene rings is 1. The van der Waals surface area contributed by atoms with Crippen molar-refractivity contribution in [1.29, 1.82) is 0 Å². The molecule has 1 aromatic carbocycles. The van der Waals surface area contributed by atoms with Crippen LogP contribution in [0.1, 0.15) is 11.8 Å². The lowest BCUT2D eigenvalue weighted by Gasteiger charge is -2.29. The van der Waals surface area contributed by atoms with E-state index < -0.39 is 10.0 Å². The van der Waals surface area contributed by atoms with Crippen molar-refractivity contribution in [2.75, 3.05) is 18.8 Å². The van der Waals surface area contributed by atoms with Crippen molar-refractivity contribution < 1.29 is 8.42 Å². The molecule has 1 aliphatic heterocycles. The van der Waals surface area contributed by atoms with Crippen LogP contribution in [0.3, 0.4) is 0 Å². The summed E-state index contributed by atoms with van der Waals surface area (Å²) in [6.45, 7) is 3.21. The summed E-state index contributed by atoms with van der Waals surface area (Å²) in [5.41, 5.74) is 0. The minimum Gasteiger partial charge on any atom is -0.207 e. The molecule has 0 radical (unpaired) electrons. The normalized spacial score (nSPS) is 21.0. The van der Waals surface area contributed by atoms with Gasteiger partial charge in [0.2, 0.25) is 10.0 Å². The molecule has 1 aliphatic rings. The molecule has 21 heavy (non-hydrogen) atoms. The lowest BCUT2D eigenvalue weighted by Crippen LogP contribution is -2.41. The Kier molecular flexibility index (Phi) is 4.52. The highest BCUT2D eigenvalue weighted by atomic mass is 35.5. The predicted molar refractivity (Wildman–Crippen MR) is 92.1 cm³/mol. The summed E-state index contributed by atoms with van der Waals surface area (Å²) in [6, 6.07) is 7.62. The summed E-state index contributed by atoms with van der Waals surface area (Å²) in [7, 11) is -3.47. The molecular formula is C14H16ClNO2S3. The molecule has 1 unspecified atom stereocenters. The summed E-state index contributed by atoms with van der Waals surface area (Å²) < 4.78 is 28.7. The Morgan fingerprint density at radius 3 is 2.86 bits per heavy atom. The fourth-order valence-corrected chi connectivity index (χ4v) is 7.46. The Hall–Kier alpha value is -0.270. The van der Waals surface area contributed by atoms with Gasteiger partial charge < -0.3 is 0 Å². The number of thioether (sulfide) groups is 1. The molecule has 0 saturated carbocycles. The molecular weight excluding hydrogens is 346 g/mol. The molecule has 2 aromatic rings. The molecule has 0 aliphatic carbocycles. The van der Waals surface area contributed by atoms with Crippen molar-refractivity contribution in [3.63, 3.8) is 0 Å². The third-order valence-corrected chi connectivity index (χ3v) is 8.40. The average molecular weight is 362 g/mol. The van der Waals surface area contributed by atoms with Crippen LogP contribution in [-0.4, -0.2) is 36.8 Å². The fraction of sp³-hybridized carbons (Fsp3) is 0.429. The van der Waals surface area contributed by atoms with E-state index in [1.807, 2.05) is 36.0 Å². The van der Waals surface area contributed by atoms with E-state index in [9.17, 15) is 8.42 Å². The average Bonchev–Trinajstić information content (AvgIpc) is 2.86.